The molecule has 0 bridgehead atoms. The van der Waals surface area contributed by atoms with Crippen molar-refractivity contribution in [1.29, 1.82) is 0 Å². The third kappa shape index (κ3) is 6.23. The normalized spacial score (nSPS) is 12.7. The van der Waals surface area contributed by atoms with Crippen molar-refractivity contribution < 1.29 is 23.5 Å². The lowest BCUT2D eigenvalue weighted by Gasteiger charge is -2.12. The minimum Gasteiger partial charge on any atom is -0.462 e. The number of nitrogens with zero attached hydrogens (tertiary/aromatic N) is 1. The standard InChI is InChI=1S/C30H30FN3O4S2/c1-2-38-30(37)27-22-8-4-6-10-24(22)40-29(27)33-26(35)18-39-25-17-34(23-9-5-3-7-21(23)25)16-15-32-28(36)19-11-13-20(31)14-12-19/h3,5,7,9,11-14,17H,2,4,6,8,10,15-16,18H2,1H3,(H,32,36)(H,33,35). The van der Waals surface area contributed by atoms with Gasteiger partial charge in [0.05, 0.1) is 17.9 Å². The van der Waals surface area contributed by atoms with E-state index in [4.69, 9.17) is 4.74 Å². The van der Waals surface area contributed by atoms with Gasteiger partial charge in [0.15, 0.2) is 0 Å². The largest absolute Gasteiger partial charge is 0.462 e. The van der Waals surface area contributed by atoms with Crippen molar-refractivity contribution in [2.24, 2.45) is 0 Å². The van der Waals surface area contributed by atoms with Gasteiger partial charge in [-0.15, -0.1) is 23.1 Å². The van der Waals surface area contributed by atoms with Crippen LogP contribution in [0.1, 0.15) is 50.9 Å². The molecule has 40 heavy (non-hydrogen) atoms. The Bertz CT molecular complexity index is 1540. The molecule has 2 amide bonds. The lowest BCUT2D eigenvalue weighted by Crippen LogP contribution is -2.27. The number of carbonyl (C=O) groups excluding carboxylic acids is 3. The summed E-state index contributed by atoms with van der Waals surface area (Å²) in [6, 6.07) is 13.4. The summed E-state index contributed by atoms with van der Waals surface area (Å²) in [6.45, 7) is 2.98. The van der Waals surface area contributed by atoms with Crippen LogP contribution in [-0.2, 0) is 28.9 Å². The Hall–Kier alpha value is -3.63. The zero-order valence-corrected chi connectivity index (χ0v) is 23.8. The molecule has 0 saturated carbocycles. The fourth-order valence-electron chi connectivity index (χ4n) is 4.89. The van der Waals surface area contributed by atoms with Crippen molar-refractivity contribution in [1.82, 2.24) is 9.88 Å². The quantitative estimate of drug-likeness (QED) is 0.176. The number of thioether (sulfide) groups is 1. The highest BCUT2D eigenvalue weighted by molar-refractivity contribution is 8.00. The number of thiophene rings is 1. The first kappa shape index (κ1) is 27.9. The van der Waals surface area contributed by atoms with E-state index in [2.05, 4.69) is 10.6 Å². The molecule has 2 aromatic heterocycles. The van der Waals surface area contributed by atoms with Gasteiger partial charge in [-0.3, -0.25) is 9.59 Å². The molecule has 10 heteroatoms. The van der Waals surface area contributed by atoms with Crippen molar-refractivity contribution in [2.75, 3.05) is 24.2 Å². The Kier molecular flexibility index (Phi) is 8.86. The number of aromatic nitrogens is 1. The molecular formula is C30H30FN3O4S2. The number of fused-ring (bicyclic) bond motifs is 2. The molecule has 0 atom stereocenters. The summed E-state index contributed by atoms with van der Waals surface area (Å²) >= 11 is 2.91. The summed E-state index contributed by atoms with van der Waals surface area (Å²) in [7, 11) is 0. The topological polar surface area (TPSA) is 89.4 Å². The lowest BCUT2D eigenvalue weighted by atomic mass is 9.95. The highest BCUT2D eigenvalue weighted by atomic mass is 32.2. The van der Waals surface area contributed by atoms with E-state index in [1.54, 1.807) is 6.92 Å². The van der Waals surface area contributed by atoms with E-state index in [0.29, 0.717) is 29.2 Å². The minimum absolute atomic E-state index is 0.181. The van der Waals surface area contributed by atoms with Crippen molar-refractivity contribution >= 4 is 56.8 Å². The van der Waals surface area contributed by atoms with Crippen LogP contribution in [-0.4, -0.2) is 41.3 Å². The number of anilines is 1. The van der Waals surface area contributed by atoms with Gasteiger partial charge in [-0.05, 0) is 68.5 Å². The van der Waals surface area contributed by atoms with E-state index in [1.165, 1.54) is 47.4 Å². The molecule has 0 spiro atoms. The highest BCUT2D eigenvalue weighted by Crippen LogP contribution is 2.39. The second kappa shape index (κ2) is 12.7. The number of para-hydroxylation sites is 1. The fraction of sp³-hybridized carbons (Fsp3) is 0.300. The maximum atomic E-state index is 13.1. The average molecular weight is 580 g/mol. The lowest BCUT2D eigenvalue weighted by molar-refractivity contribution is -0.113. The summed E-state index contributed by atoms with van der Waals surface area (Å²) in [4.78, 5) is 40.2. The molecule has 1 aliphatic rings. The molecule has 0 saturated heterocycles. The van der Waals surface area contributed by atoms with Crippen LogP contribution >= 0.6 is 23.1 Å². The first-order valence-corrected chi connectivity index (χ1v) is 15.1. The molecule has 0 aliphatic heterocycles. The second-order valence-electron chi connectivity index (χ2n) is 9.44. The number of benzene rings is 2. The zero-order valence-electron chi connectivity index (χ0n) is 22.1. The number of halogens is 1. The maximum absolute atomic E-state index is 13.1. The first-order chi connectivity index (χ1) is 19.4. The van der Waals surface area contributed by atoms with Gasteiger partial charge in [-0.2, -0.15) is 0 Å². The van der Waals surface area contributed by atoms with Gasteiger partial charge in [-0.1, -0.05) is 18.2 Å². The van der Waals surface area contributed by atoms with E-state index in [9.17, 15) is 18.8 Å². The smallest absolute Gasteiger partial charge is 0.341 e. The summed E-state index contributed by atoms with van der Waals surface area (Å²) in [6.07, 6.45) is 5.84. The van der Waals surface area contributed by atoms with Gasteiger partial charge < -0.3 is 19.9 Å². The molecule has 1 aliphatic carbocycles. The van der Waals surface area contributed by atoms with Gasteiger partial charge in [0.2, 0.25) is 5.91 Å². The summed E-state index contributed by atoms with van der Waals surface area (Å²) < 4.78 is 20.5. The van der Waals surface area contributed by atoms with Crippen LogP contribution in [0.2, 0.25) is 0 Å². The molecule has 2 heterocycles. The molecule has 2 aromatic carbocycles. The first-order valence-electron chi connectivity index (χ1n) is 13.3. The van der Waals surface area contributed by atoms with E-state index in [0.717, 1.165) is 51.9 Å². The molecule has 0 unspecified atom stereocenters. The number of hydrogen-bond acceptors (Lipinski definition) is 6. The number of ether oxygens (including phenoxy) is 1. The number of hydrogen-bond donors (Lipinski definition) is 2. The van der Waals surface area contributed by atoms with Crippen LogP contribution in [0, 0.1) is 5.82 Å². The summed E-state index contributed by atoms with van der Waals surface area (Å²) in [5.41, 5.74) is 2.93. The third-order valence-corrected chi connectivity index (χ3v) is 9.01. The molecule has 208 valence electrons. The van der Waals surface area contributed by atoms with Gasteiger partial charge in [0, 0.05) is 45.5 Å². The molecule has 5 rings (SSSR count). The van der Waals surface area contributed by atoms with Gasteiger partial charge in [0.1, 0.15) is 10.8 Å². The Balaban J connectivity index is 1.24. The van der Waals surface area contributed by atoms with Crippen LogP contribution in [0.25, 0.3) is 10.9 Å². The molecule has 4 aromatic rings. The number of amides is 2. The van der Waals surface area contributed by atoms with E-state index >= 15 is 0 Å². The minimum atomic E-state index is -0.386. The second-order valence-corrected chi connectivity index (χ2v) is 11.6. The number of esters is 1. The summed E-state index contributed by atoms with van der Waals surface area (Å²) in [5.74, 6) is -1.03. The van der Waals surface area contributed by atoms with Gasteiger partial charge in [0.25, 0.3) is 5.91 Å². The summed E-state index contributed by atoms with van der Waals surface area (Å²) in [5, 5.41) is 7.45. The SMILES string of the molecule is CCOC(=O)c1c(NC(=O)CSc2cn(CCNC(=O)c3ccc(F)cc3)c3ccccc23)sc2c1CCCC2. The van der Waals surface area contributed by atoms with Crippen LogP contribution in [0.5, 0.6) is 0 Å². The number of rotatable bonds is 10. The molecule has 0 fully saturated rings. The van der Waals surface area contributed by atoms with Crippen molar-refractivity contribution in [3.05, 3.63) is 82.1 Å². The van der Waals surface area contributed by atoms with Gasteiger partial charge in [-0.25, -0.2) is 9.18 Å². The van der Waals surface area contributed by atoms with Crippen LogP contribution < -0.4 is 10.6 Å². The van der Waals surface area contributed by atoms with E-state index in [-0.39, 0.29) is 36.0 Å². The predicted molar refractivity (Wildman–Crippen MR) is 157 cm³/mol. The average Bonchev–Trinajstić information content (AvgIpc) is 3.50. The number of nitrogens with one attached hydrogen (secondary N) is 2. The highest BCUT2D eigenvalue weighted by Gasteiger charge is 2.27. The molecular weight excluding hydrogens is 549 g/mol. The Morgan fingerprint density at radius 3 is 2.65 bits per heavy atom. The number of carbonyl (C=O) groups is 3. The monoisotopic (exact) mass is 579 g/mol. The Morgan fingerprint density at radius 2 is 1.85 bits per heavy atom. The predicted octanol–water partition coefficient (Wildman–Crippen LogP) is 6.06. The van der Waals surface area contributed by atoms with Crippen molar-refractivity contribution in [3.8, 4) is 0 Å². The van der Waals surface area contributed by atoms with Crippen LogP contribution in [0.4, 0.5) is 9.39 Å². The maximum Gasteiger partial charge on any atom is 0.341 e. The Morgan fingerprint density at radius 1 is 1.07 bits per heavy atom. The molecule has 0 radical (unpaired) electrons. The van der Waals surface area contributed by atoms with E-state index < -0.39 is 0 Å². The van der Waals surface area contributed by atoms with Crippen LogP contribution in [0.3, 0.4) is 0 Å². The molecule has 7 nitrogen and oxygen atoms in total. The van der Waals surface area contributed by atoms with Crippen molar-refractivity contribution in [3.63, 3.8) is 0 Å². The van der Waals surface area contributed by atoms with E-state index in [1.807, 2.05) is 35.0 Å². The Labute approximate surface area is 240 Å². The number of aryl methyl sites for hydroxylation is 1. The zero-order chi connectivity index (χ0) is 28.1. The molecule has 2 N–H and O–H groups in total. The van der Waals surface area contributed by atoms with Crippen molar-refractivity contribution in [2.45, 2.75) is 44.0 Å². The third-order valence-electron chi connectivity index (χ3n) is 6.76. The van der Waals surface area contributed by atoms with Crippen LogP contribution in [0.15, 0.2) is 59.6 Å². The fourth-order valence-corrected chi connectivity index (χ4v) is 7.07. The van der Waals surface area contributed by atoms with Gasteiger partial charge >= 0.3 is 5.97 Å².